The molecule has 3 aromatic carbocycles. The number of benzene rings is 3. The summed E-state index contributed by atoms with van der Waals surface area (Å²) in [7, 11) is -1.07. The van der Waals surface area contributed by atoms with Crippen LogP contribution in [0.2, 0.25) is 0 Å². The summed E-state index contributed by atoms with van der Waals surface area (Å²) in [6.45, 7) is 0.676. The van der Waals surface area contributed by atoms with Crippen molar-refractivity contribution in [2.75, 3.05) is 26.1 Å². The molecule has 0 saturated carbocycles. The molecule has 0 aliphatic carbocycles. The van der Waals surface area contributed by atoms with E-state index in [1.54, 1.807) is 6.26 Å². The average molecular weight is 453 g/mol. The summed E-state index contributed by atoms with van der Waals surface area (Å²) in [6, 6.07) is 23.1. The van der Waals surface area contributed by atoms with Crippen LogP contribution in [0.4, 0.5) is 0 Å². The molecule has 0 aromatic heterocycles. The second kappa shape index (κ2) is 9.65. The van der Waals surface area contributed by atoms with Gasteiger partial charge < -0.3 is 19.3 Å². The zero-order valence-electron chi connectivity index (χ0n) is 17.7. The normalized spacial score (nSPS) is 15.5. The minimum Gasteiger partial charge on any atom is -0.489 e. The zero-order chi connectivity index (χ0) is 22.6. The first kappa shape index (κ1) is 22.2. The summed E-state index contributed by atoms with van der Waals surface area (Å²) < 4.78 is 28.9. The lowest BCUT2D eigenvalue weighted by Gasteiger charge is -2.41. The number of ether oxygens (including phenoxy) is 3. The molecule has 166 valence electrons. The molecule has 1 unspecified atom stereocenters. The highest BCUT2D eigenvalue weighted by atomic mass is 32.2. The molecule has 4 rings (SSSR count). The summed E-state index contributed by atoms with van der Waals surface area (Å²) in [5.41, 5.74) is 3.10. The van der Waals surface area contributed by atoms with E-state index in [0.717, 1.165) is 27.1 Å². The Morgan fingerprint density at radius 2 is 1.81 bits per heavy atom. The van der Waals surface area contributed by atoms with Crippen molar-refractivity contribution >= 4 is 16.8 Å². The molecule has 1 heterocycles. The van der Waals surface area contributed by atoms with Crippen LogP contribution in [0, 0.1) is 0 Å². The highest BCUT2D eigenvalue weighted by Gasteiger charge is 2.42. The zero-order valence-corrected chi connectivity index (χ0v) is 18.5. The average Bonchev–Trinajstić information content (AvgIpc) is 2.78. The van der Waals surface area contributed by atoms with Crippen LogP contribution in [0.3, 0.4) is 0 Å². The van der Waals surface area contributed by atoms with Crippen molar-refractivity contribution in [3.63, 3.8) is 0 Å². The molecule has 1 saturated heterocycles. The maximum absolute atomic E-state index is 12.1. The van der Waals surface area contributed by atoms with Crippen molar-refractivity contribution < 1.29 is 28.3 Å². The van der Waals surface area contributed by atoms with E-state index in [0.29, 0.717) is 25.6 Å². The Kier molecular flexibility index (Phi) is 6.69. The summed E-state index contributed by atoms with van der Waals surface area (Å²) >= 11 is 0. The molecule has 3 aromatic rings. The quantitative estimate of drug-likeness (QED) is 0.529. The largest absolute Gasteiger partial charge is 0.489 e. The standard InChI is InChI=1S/C25H24O6S/c1-32(28)23-8-3-2-7-22(23)19-6-4-5-18(13-19)14-30-21-11-9-20(10-12-21)25(16-29-17-25)31-15-24(26)27/h2-13H,14-17H2,1H3,(H,26,27). The molecule has 1 aliphatic heterocycles. The number of hydrogen-bond donors (Lipinski definition) is 1. The molecular formula is C25H24O6S. The van der Waals surface area contributed by atoms with Crippen LogP contribution in [-0.2, 0) is 37.3 Å². The van der Waals surface area contributed by atoms with Crippen LogP contribution in [0.5, 0.6) is 5.75 Å². The smallest absolute Gasteiger partial charge is 0.329 e. The Labute approximate surface area is 189 Å². The predicted octanol–water partition coefficient (Wildman–Crippen LogP) is 4.00. The molecular weight excluding hydrogens is 428 g/mol. The van der Waals surface area contributed by atoms with Gasteiger partial charge in [0.2, 0.25) is 0 Å². The maximum atomic E-state index is 12.1. The minimum atomic E-state index is -1.07. The van der Waals surface area contributed by atoms with Crippen LogP contribution in [-0.4, -0.2) is 41.4 Å². The molecule has 1 atom stereocenters. The lowest BCUT2D eigenvalue weighted by atomic mass is 9.91. The predicted molar refractivity (Wildman–Crippen MR) is 121 cm³/mol. The van der Waals surface area contributed by atoms with Crippen molar-refractivity contribution in [2.45, 2.75) is 17.1 Å². The second-order valence-corrected chi connectivity index (χ2v) is 8.98. The van der Waals surface area contributed by atoms with E-state index < -0.39 is 22.4 Å². The second-order valence-electron chi connectivity index (χ2n) is 7.63. The van der Waals surface area contributed by atoms with Gasteiger partial charge in [-0.05, 0) is 46.5 Å². The minimum absolute atomic E-state index is 0.331. The molecule has 1 N–H and O–H groups in total. The molecule has 32 heavy (non-hydrogen) atoms. The number of carbonyl (C=O) groups is 1. The number of hydrogen-bond acceptors (Lipinski definition) is 5. The van der Waals surface area contributed by atoms with Gasteiger partial charge in [-0.2, -0.15) is 0 Å². The highest BCUT2D eigenvalue weighted by Crippen LogP contribution is 2.34. The van der Waals surface area contributed by atoms with Gasteiger partial charge in [0, 0.05) is 11.2 Å². The molecule has 6 nitrogen and oxygen atoms in total. The molecule has 0 bridgehead atoms. The molecule has 7 heteroatoms. The Morgan fingerprint density at radius 3 is 2.47 bits per heavy atom. The molecule has 0 spiro atoms. The van der Waals surface area contributed by atoms with E-state index >= 15 is 0 Å². The summed E-state index contributed by atoms with van der Waals surface area (Å²) in [6.07, 6.45) is 1.68. The molecule has 0 radical (unpaired) electrons. The number of aliphatic carboxylic acids is 1. The van der Waals surface area contributed by atoms with Crippen LogP contribution >= 0.6 is 0 Å². The van der Waals surface area contributed by atoms with E-state index in [1.165, 1.54) is 0 Å². The number of rotatable bonds is 9. The Balaban J connectivity index is 1.44. The summed E-state index contributed by atoms with van der Waals surface area (Å²) in [5.74, 6) is -0.311. The van der Waals surface area contributed by atoms with E-state index in [4.69, 9.17) is 19.3 Å². The lowest BCUT2D eigenvalue weighted by Crippen LogP contribution is -2.49. The van der Waals surface area contributed by atoms with Crippen LogP contribution in [0.25, 0.3) is 11.1 Å². The van der Waals surface area contributed by atoms with Crippen LogP contribution in [0.1, 0.15) is 11.1 Å². The van der Waals surface area contributed by atoms with Gasteiger partial charge in [-0.1, -0.05) is 48.5 Å². The van der Waals surface area contributed by atoms with Gasteiger partial charge in [0.1, 0.15) is 24.6 Å². The Hall–Kier alpha value is -3.00. The SMILES string of the molecule is CS(=O)c1ccccc1-c1cccc(COc2ccc(C3(OCC(=O)O)COC3)cc2)c1. The third kappa shape index (κ3) is 4.91. The van der Waals surface area contributed by atoms with Gasteiger partial charge in [-0.25, -0.2) is 4.79 Å². The first-order chi connectivity index (χ1) is 15.5. The highest BCUT2D eigenvalue weighted by molar-refractivity contribution is 7.84. The van der Waals surface area contributed by atoms with Gasteiger partial charge in [-0.3, -0.25) is 4.21 Å². The fourth-order valence-corrected chi connectivity index (χ4v) is 4.39. The van der Waals surface area contributed by atoms with Gasteiger partial charge in [0.05, 0.1) is 24.0 Å². The van der Waals surface area contributed by atoms with Crippen molar-refractivity contribution in [1.82, 2.24) is 0 Å². The van der Waals surface area contributed by atoms with Crippen molar-refractivity contribution in [3.05, 3.63) is 83.9 Å². The van der Waals surface area contributed by atoms with E-state index in [1.807, 2.05) is 72.8 Å². The van der Waals surface area contributed by atoms with Gasteiger partial charge >= 0.3 is 5.97 Å². The fourth-order valence-electron chi connectivity index (χ4n) is 3.63. The Morgan fingerprint density at radius 1 is 1.06 bits per heavy atom. The first-order valence-electron chi connectivity index (χ1n) is 10.2. The number of carboxylic acids is 1. The van der Waals surface area contributed by atoms with Crippen molar-refractivity contribution in [1.29, 1.82) is 0 Å². The van der Waals surface area contributed by atoms with Gasteiger partial charge in [0.25, 0.3) is 0 Å². The Bertz CT molecular complexity index is 1120. The van der Waals surface area contributed by atoms with E-state index in [9.17, 15) is 9.00 Å². The number of carboxylic acid groups (broad SMARTS) is 1. The summed E-state index contributed by atoms with van der Waals surface area (Å²) in [5, 5.41) is 8.90. The molecule has 1 fully saturated rings. The van der Waals surface area contributed by atoms with E-state index in [-0.39, 0.29) is 6.61 Å². The third-order valence-electron chi connectivity index (χ3n) is 5.36. The topological polar surface area (TPSA) is 82.1 Å². The lowest BCUT2D eigenvalue weighted by molar-refractivity contribution is -0.220. The third-order valence-corrected chi connectivity index (χ3v) is 6.34. The fraction of sp³-hybridized carbons (Fsp3) is 0.240. The van der Waals surface area contributed by atoms with Crippen LogP contribution in [0.15, 0.2) is 77.7 Å². The summed E-state index contributed by atoms with van der Waals surface area (Å²) in [4.78, 5) is 11.7. The van der Waals surface area contributed by atoms with Crippen molar-refractivity contribution in [3.8, 4) is 16.9 Å². The monoisotopic (exact) mass is 452 g/mol. The van der Waals surface area contributed by atoms with Gasteiger partial charge in [-0.15, -0.1) is 0 Å². The van der Waals surface area contributed by atoms with Crippen molar-refractivity contribution in [2.24, 2.45) is 0 Å². The van der Waals surface area contributed by atoms with Crippen LogP contribution < -0.4 is 4.74 Å². The molecule has 0 amide bonds. The molecule has 1 aliphatic rings. The van der Waals surface area contributed by atoms with Gasteiger partial charge in [0.15, 0.2) is 0 Å². The maximum Gasteiger partial charge on any atom is 0.329 e. The van der Waals surface area contributed by atoms with E-state index in [2.05, 4.69) is 0 Å². The first-order valence-corrected chi connectivity index (χ1v) is 11.7.